The first-order valence-corrected chi connectivity index (χ1v) is 8.95. The van der Waals surface area contributed by atoms with Crippen molar-refractivity contribution in [2.75, 3.05) is 0 Å². The molecule has 1 atom stereocenters. The second-order valence-corrected chi connectivity index (χ2v) is 6.99. The normalized spacial score (nSPS) is 21.2. The van der Waals surface area contributed by atoms with Gasteiger partial charge in [-0.2, -0.15) is 9.78 Å². The zero-order valence-electron chi connectivity index (χ0n) is 12.3. The van der Waals surface area contributed by atoms with Crippen LogP contribution < -0.4 is 0 Å². The molecule has 0 N–H and O–H groups in total. The molecule has 110 valence electrons. The van der Waals surface area contributed by atoms with E-state index in [-0.39, 0.29) is 0 Å². The molecule has 1 aliphatic carbocycles. The number of hydrogen-bond donors (Lipinski definition) is 0. The second kappa shape index (κ2) is 6.74. The van der Waals surface area contributed by atoms with Crippen LogP contribution in [0.25, 0.3) is 0 Å². The minimum Gasteiger partial charge on any atom is -0.191 e. The van der Waals surface area contributed by atoms with Gasteiger partial charge in [-0.05, 0) is 25.7 Å². The highest BCUT2D eigenvalue weighted by molar-refractivity contribution is 8.00. The van der Waals surface area contributed by atoms with Gasteiger partial charge in [-0.3, -0.25) is 0 Å². The van der Waals surface area contributed by atoms with E-state index in [1.807, 2.05) is 16.4 Å². The van der Waals surface area contributed by atoms with Crippen LogP contribution in [0.4, 0.5) is 0 Å². The van der Waals surface area contributed by atoms with E-state index in [4.69, 9.17) is 5.10 Å². The summed E-state index contributed by atoms with van der Waals surface area (Å²) in [7, 11) is 0. The maximum atomic E-state index is 4.83. The molecular formula is C15H24N4S. The highest BCUT2D eigenvalue weighted by atomic mass is 32.2. The Balaban J connectivity index is 1.62. The van der Waals surface area contributed by atoms with E-state index in [2.05, 4.69) is 17.1 Å². The fourth-order valence-electron chi connectivity index (χ4n) is 2.97. The largest absolute Gasteiger partial charge is 0.212 e. The first kappa shape index (κ1) is 14.1. The molecule has 0 aromatic carbocycles. The zero-order valence-corrected chi connectivity index (χ0v) is 13.2. The standard InChI is InChI=1S/C15H24N4S/c1-2-3-4-5-6-11-14-16-17-15-19(14)18-12-9-7-8-10-13(12)20-15/h13H,2-11H2,1H3. The predicted molar refractivity (Wildman–Crippen MR) is 83.4 cm³/mol. The molecule has 1 aromatic heterocycles. The molecule has 1 aliphatic heterocycles. The van der Waals surface area contributed by atoms with E-state index < -0.39 is 0 Å². The summed E-state index contributed by atoms with van der Waals surface area (Å²) in [4.78, 5) is 0. The van der Waals surface area contributed by atoms with Crippen LogP contribution in [0.2, 0.25) is 0 Å². The molecule has 20 heavy (non-hydrogen) atoms. The fraction of sp³-hybridized carbons (Fsp3) is 0.800. The Morgan fingerprint density at radius 2 is 2.05 bits per heavy atom. The summed E-state index contributed by atoms with van der Waals surface area (Å²) in [5.74, 6) is 1.06. The molecule has 0 bridgehead atoms. The van der Waals surface area contributed by atoms with Gasteiger partial charge < -0.3 is 0 Å². The van der Waals surface area contributed by atoms with Crippen LogP contribution >= 0.6 is 11.8 Å². The van der Waals surface area contributed by atoms with E-state index in [1.165, 1.54) is 57.1 Å². The lowest BCUT2D eigenvalue weighted by Gasteiger charge is -2.26. The molecule has 1 fully saturated rings. The van der Waals surface area contributed by atoms with Crippen molar-refractivity contribution in [2.45, 2.75) is 81.5 Å². The minimum absolute atomic E-state index is 0.567. The number of aryl methyl sites for hydroxylation is 1. The smallest absolute Gasteiger partial charge is 0.191 e. The number of thioether (sulfide) groups is 1. The molecule has 4 nitrogen and oxygen atoms in total. The molecule has 3 rings (SSSR count). The number of unbranched alkanes of at least 4 members (excludes halogenated alkanes) is 4. The monoisotopic (exact) mass is 292 g/mol. The maximum absolute atomic E-state index is 4.83. The van der Waals surface area contributed by atoms with Crippen molar-refractivity contribution in [1.82, 2.24) is 14.9 Å². The van der Waals surface area contributed by atoms with E-state index in [9.17, 15) is 0 Å². The van der Waals surface area contributed by atoms with Crippen molar-refractivity contribution in [3.8, 4) is 0 Å². The molecule has 2 heterocycles. The first-order valence-electron chi connectivity index (χ1n) is 8.07. The summed E-state index contributed by atoms with van der Waals surface area (Å²) in [5.41, 5.74) is 1.36. The zero-order chi connectivity index (χ0) is 13.8. The predicted octanol–water partition coefficient (Wildman–Crippen LogP) is 4.04. The number of aromatic nitrogens is 3. The molecule has 1 saturated carbocycles. The molecule has 5 heteroatoms. The maximum Gasteiger partial charge on any atom is 0.212 e. The summed E-state index contributed by atoms with van der Waals surface area (Å²) in [5, 5.41) is 15.1. The molecule has 0 radical (unpaired) electrons. The van der Waals surface area contributed by atoms with Crippen LogP contribution in [0.1, 0.15) is 70.5 Å². The average molecular weight is 292 g/mol. The Labute approximate surface area is 125 Å². The summed E-state index contributed by atoms with van der Waals surface area (Å²) in [6.07, 6.45) is 12.5. The average Bonchev–Trinajstić information content (AvgIpc) is 2.87. The lowest BCUT2D eigenvalue weighted by atomic mass is 9.98. The molecular weight excluding hydrogens is 268 g/mol. The summed E-state index contributed by atoms with van der Waals surface area (Å²) >= 11 is 1.87. The SMILES string of the molecule is CCCCCCCc1nnc2n1N=C1CCCCC1S2. The van der Waals surface area contributed by atoms with Gasteiger partial charge in [-0.1, -0.05) is 50.8 Å². The van der Waals surface area contributed by atoms with E-state index in [1.54, 1.807) is 0 Å². The van der Waals surface area contributed by atoms with Crippen LogP contribution in [0.5, 0.6) is 0 Å². The van der Waals surface area contributed by atoms with Gasteiger partial charge in [0.15, 0.2) is 5.82 Å². The van der Waals surface area contributed by atoms with Crippen molar-refractivity contribution in [3.63, 3.8) is 0 Å². The summed E-state index contributed by atoms with van der Waals surface area (Å²) in [6, 6.07) is 0. The highest BCUT2D eigenvalue weighted by Gasteiger charge is 2.29. The molecule has 2 aliphatic rings. The number of hydrogen-bond acceptors (Lipinski definition) is 4. The van der Waals surface area contributed by atoms with Crippen LogP contribution in [-0.2, 0) is 6.42 Å². The van der Waals surface area contributed by atoms with E-state index in [0.29, 0.717) is 5.25 Å². The van der Waals surface area contributed by atoms with Crippen LogP contribution in [0, 0.1) is 0 Å². The minimum atomic E-state index is 0.567. The van der Waals surface area contributed by atoms with Crippen LogP contribution in [-0.4, -0.2) is 25.8 Å². The third-order valence-corrected chi connectivity index (χ3v) is 5.44. The molecule has 0 amide bonds. The lowest BCUT2D eigenvalue weighted by molar-refractivity contribution is 0.596. The molecule has 1 aromatic rings. The van der Waals surface area contributed by atoms with Gasteiger partial charge in [0.1, 0.15) is 0 Å². The highest BCUT2D eigenvalue weighted by Crippen LogP contribution is 2.35. The van der Waals surface area contributed by atoms with Gasteiger partial charge >= 0.3 is 0 Å². The second-order valence-electron chi connectivity index (χ2n) is 5.82. The van der Waals surface area contributed by atoms with Gasteiger partial charge in [0.25, 0.3) is 0 Å². The quantitative estimate of drug-likeness (QED) is 0.743. The Hall–Kier alpha value is -0.840. The lowest BCUT2D eigenvalue weighted by Crippen LogP contribution is -2.26. The van der Waals surface area contributed by atoms with Gasteiger partial charge in [-0.25, -0.2) is 0 Å². The molecule has 0 spiro atoms. The van der Waals surface area contributed by atoms with Crippen LogP contribution in [0.3, 0.4) is 0 Å². The van der Waals surface area contributed by atoms with Crippen molar-refractivity contribution in [2.24, 2.45) is 5.10 Å². The number of rotatable bonds is 6. The Morgan fingerprint density at radius 3 is 2.95 bits per heavy atom. The van der Waals surface area contributed by atoms with Gasteiger partial charge in [0, 0.05) is 6.42 Å². The van der Waals surface area contributed by atoms with Crippen molar-refractivity contribution >= 4 is 17.5 Å². The third-order valence-electron chi connectivity index (χ3n) is 4.18. The molecule has 1 unspecified atom stereocenters. The van der Waals surface area contributed by atoms with Crippen LogP contribution in [0.15, 0.2) is 10.3 Å². The van der Waals surface area contributed by atoms with Crippen molar-refractivity contribution in [3.05, 3.63) is 5.82 Å². The van der Waals surface area contributed by atoms with E-state index in [0.717, 1.165) is 23.8 Å². The summed E-state index contributed by atoms with van der Waals surface area (Å²) < 4.78 is 2.02. The van der Waals surface area contributed by atoms with E-state index >= 15 is 0 Å². The van der Waals surface area contributed by atoms with Gasteiger partial charge in [-0.15, -0.1) is 10.2 Å². The van der Waals surface area contributed by atoms with Gasteiger partial charge in [0.05, 0.1) is 11.0 Å². The molecule has 0 saturated heterocycles. The Kier molecular flexibility index (Phi) is 4.76. The summed E-state index contributed by atoms with van der Waals surface area (Å²) in [6.45, 7) is 2.25. The first-order chi connectivity index (χ1) is 9.88. The fourth-order valence-corrected chi connectivity index (χ4v) is 4.15. The topological polar surface area (TPSA) is 43.1 Å². The Morgan fingerprint density at radius 1 is 1.15 bits per heavy atom. The Bertz CT molecular complexity index is 480. The van der Waals surface area contributed by atoms with Gasteiger partial charge in [0.2, 0.25) is 5.16 Å². The van der Waals surface area contributed by atoms with Crippen molar-refractivity contribution < 1.29 is 0 Å². The van der Waals surface area contributed by atoms with Crippen molar-refractivity contribution in [1.29, 1.82) is 0 Å². The third kappa shape index (κ3) is 3.08. The number of fused-ring (bicyclic) bond motifs is 2. The number of nitrogens with zero attached hydrogens (tertiary/aromatic N) is 4.